The van der Waals surface area contributed by atoms with Gasteiger partial charge < -0.3 is 0 Å². The van der Waals surface area contributed by atoms with E-state index >= 15 is 0 Å². The quantitative estimate of drug-likeness (QED) is 0.532. The summed E-state index contributed by atoms with van der Waals surface area (Å²) >= 11 is 2.16. The summed E-state index contributed by atoms with van der Waals surface area (Å²) in [5, 5.41) is 4.73. The van der Waals surface area contributed by atoms with Crippen LogP contribution in [0.5, 0.6) is 0 Å². The van der Waals surface area contributed by atoms with Gasteiger partial charge in [0.2, 0.25) is 0 Å². The Morgan fingerprint density at radius 3 is 2.70 bits per heavy atom. The fourth-order valence-electron chi connectivity index (χ4n) is 2.27. The highest BCUT2D eigenvalue weighted by atomic mass is 127. The second-order valence-electron chi connectivity index (χ2n) is 4.95. The molecule has 0 bridgehead atoms. The van der Waals surface area contributed by atoms with Gasteiger partial charge in [-0.05, 0) is 47.2 Å². The third-order valence-corrected chi connectivity index (χ3v) is 4.05. The highest BCUT2D eigenvalue weighted by molar-refractivity contribution is 14.1. The maximum atomic E-state index is 13.1. The third kappa shape index (κ3) is 3.86. The number of hydrogen-bond donors (Lipinski definition) is 0. The number of carbonyl (C=O) groups is 1. The monoisotopic (exact) mass is 435 g/mol. The van der Waals surface area contributed by atoms with Gasteiger partial charge in [0.05, 0.1) is 18.7 Å². The van der Waals surface area contributed by atoms with Gasteiger partial charge in [-0.2, -0.15) is 5.10 Å². The zero-order chi connectivity index (χ0) is 17.1. The smallest absolute Gasteiger partial charge is 0.275 e. The van der Waals surface area contributed by atoms with E-state index in [4.69, 9.17) is 4.84 Å². The van der Waals surface area contributed by atoms with Gasteiger partial charge in [0, 0.05) is 16.8 Å². The van der Waals surface area contributed by atoms with Crippen LogP contribution in [-0.2, 0) is 11.9 Å². The molecule has 124 valence electrons. The minimum atomic E-state index is -2.83. The standard InChI is InChI=1S/C15H16F2IN3O2/c1-9(10-5-4-6-11(18)7-10)21(23-3)15(22)12-8-20(2)19-13(12)14(16)17/h4-9,14H,1-3H3. The SMILES string of the molecule is CON(C(=O)c1cn(C)nc1C(F)F)C(C)c1cccc(I)c1. The van der Waals surface area contributed by atoms with E-state index in [2.05, 4.69) is 27.7 Å². The van der Waals surface area contributed by atoms with Gasteiger partial charge in [-0.3, -0.25) is 14.3 Å². The van der Waals surface area contributed by atoms with Crippen LogP contribution in [0.2, 0.25) is 0 Å². The van der Waals surface area contributed by atoms with E-state index in [0.717, 1.165) is 14.2 Å². The molecule has 1 amide bonds. The van der Waals surface area contributed by atoms with Gasteiger partial charge in [-0.15, -0.1) is 0 Å². The first-order valence-corrected chi connectivity index (χ1v) is 7.87. The third-order valence-electron chi connectivity index (χ3n) is 3.37. The summed E-state index contributed by atoms with van der Waals surface area (Å²) in [4.78, 5) is 17.8. The van der Waals surface area contributed by atoms with Crippen LogP contribution >= 0.6 is 22.6 Å². The fraction of sp³-hybridized carbons (Fsp3) is 0.333. The minimum Gasteiger partial charge on any atom is -0.275 e. The van der Waals surface area contributed by atoms with E-state index in [-0.39, 0.29) is 5.56 Å². The zero-order valence-electron chi connectivity index (χ0n) is 12.8. The number of nitrogens with zero attached hydrogens (tertiary/aromatic N) is 3. The molecule has 0 aliphatic rings. The second-order valence-corrected chi connectivity index (χ2v) is 6.19. The predicted molar refractivity (Wildman–Crippen MR) is 88.9 cm³/mol. The van der Waals surface area contributed by atoms with Crippen LogP contribution in [0.4, 0.5) is 8.78 Å². The van der Waals surface area contributed by atoms with Crippen molar-refractivity contribution in [1.82, 2.24) is 14.8 Å². The Kier molecular flexibility index (Phi) is 5.69. The largest absolute Gasteiger partial charge is 0.282 e. The molecule has 0 N–H and O–H groups in total. The Morgan fingerprint density at radius 1 is 1.43 bits per heavy atom. The minimum absolute atomic E-state index is 0.165. The van der Waals surface area contributed by atoms with E-state index < -0.39 is 24.1 Å². The number of rotatable bonds is 5. The number of halogens is 3. The number of carbonyl (C=O) groups excluding carboxylic acids is 1. The van der Waals surface area contributed by atoms with Crippen molar-refractivity contribution in [3.8, 4) is 0 Å². The lowest BCUT2D eigenvalue weighted by molar-refractivity contribution is -0.121. The fourth-order valence-corrected chi connectivity index (χ4v) is 2.84. The van der Waals surface area contributed by atoms with Gasteiger partial charge in [0.1, 0.15) is 5.69 Å². The first-order chi connectivity index (χ1) is 10.8. The first-order valence-electron chi connectivity index (χ1n) is 6.80. The summed E-state index contributed by atoms with van der Waals surface area (Å²) < 4.78 is 28.3. The van der Waals surface area contributed by atoms with Crippen LogP contribution in [0.15, 0.2) is 30.5 Å². The topological polar surface area (TPSA) is 47.4 Å². The van der Waals surface area contributed by atoms with Crippen molar-refractivity contribution < 1.29 is 18.4 Å². The zero-order valence-corrected chi connectivity index (χ0v) is 15.0. The number of benzene rings is 1. The van der Waals surface area contributed by atoms with Crippen LogP contribution in [0.1, 0.15) is 41.0 Å². The van der Waals surface area contributed by atoms with Gasteiger partial charge in [-0.1, -0.05) is 12.1 Å². The number of alkyl halides is 2. The van der Waals surface area contributed by atoms with Crippen LogP contribution in [0, 0.1) is 3.57 Å². The molecule has 0 spiro atoms. The molecule has 1 aromatic heterocycles. The van der Waals surface area contributed by atoms with E-state index in [1.165, 1.54) is 25.0 Å². The molecule has 0 aliphatic carbocycles. The number of aromatic nitrogens is 2. The lowest BCUT2D eigenvalue weighted by Gasteiger charge is -2.27. The van der Waals surface area contributed by atoms with Crippen molar-refractivity contribution in [2.24, 2.45) is 7.05 Å². The van der Waals surface area contributed by atoms with Crippen LogP contribution < -0.4 is 0 Å². The number of aryl methyl sites for hydroxylation is 1. The highest BCUT2D eigenvalue weighted by Gasteiger charge is 2.29. The van der Waals surface area contributed by atoms with Crippen molar-refractivity contribution in [2.75, 3.05) is 7.11 Å². The molecule has 2 rings (SSSR count). The Balaban J connectivity index is 2.35. The van der Waals surface area contributed by atoms with Crippen molar-refractivity contribution in [3.63, 3.8) is 0 Å². The maximum Gasteiger partial charge on any atom is 0.282 e. The van der Waals surface area contributed by atoms with Gasteiger partial charge in [0.15, 0.2) is 0 Å². The summed E-state index contributed by atoms with van der Waals surface area (Å²) in [5.41, 5.74) is 0.130. The van der Waals surface area contributed by atoms with Crippen molar-refractivity contribution >= 4 is 28.5 Å². The lowest BCUT2D eigenvalue weighted by Crippen LogP contribution is -2.33. The number of hydrogen-bond acceptors (Lipinski definition) is 3. The van der Waals surface area contributed by atoms with Crippen LogP contribution in [-0.4, -0.2) is 27.9 Å². The average molecular weight is 435 g/mol. The van der Waals surface area contributed by atoms with Crippen LogP contribution in [0.25, 0.3) is 0 Å². The van der Waals surface area contributed by atoms with E-state index in [0.29, 0.717) is 0 Å². The predicted octanol–water partition coefficient (Wildman–Crippen LogP) is 3.73. The van der Waals surface area contributed by atoms with Crippen LogP contribution in [0.3, 0.4) is 0 Å². The molecule has 23 heavy (non-hydrogen) atoms. The van der Waals surface area contributed by atoms with E-state index in [9.17, 15) is 13.6 Å². The normalized spacial score (nSPS) is 12.5. The Labute approximate surface area is 146 Å². The average Bonchev–Trinajstić information content (AvgIpc) is 2.90. The molecular formula is C15H16F2IN3O2. The van der Waals surface area contributed by atoms with Crippen molar-refractivity contribution in [2.45, 2.75) is 19.4 Å². The molecule has 1 heterocycles. The first kappa shape index (κ1) is 17.8. The summed E-state index contributed by atoms with van der Waals surface area (Å²) in [6, 6.07) is 7.10. The molecule has 0 aliphatic heterocycles. The van der Waals surface area contributed by atoms with Crippen molar-refractivity contribution in [3.05, 3.63) is 50.9 Å². The molecular weight excluding hydrogens is 419 g/mol. The van der Waals surface area contributed by atoms with Gasteiger partial charge >= 0.3 is 0 Å². The summed E-state index contributed by atoms with van der Waals surface area (Å²) in [7, 11) is 2.82. The maximum absolute atomic E-state index is 13.1. The van der Waals surface area contributed by atoms with E-state index in [1.807, 2.05) is 24.3 Å². The summed E-state index contributed by atoms with van der Waals surface area (Å²) in [6.45, 7) is 1.77. The molecule has 1 unspecified atom stereocenters. The van der Waals surface area contributed by atoms with Crippen molar-refractivity contribution in [1.29, 1.82) is 0 Å². The molecule has 0 saturated carbocycles. The summed E-state index contributed by atoms with van der Waals surface area (Å²) in [5.74, 6) is -0.651. The summed E-state index contributed by atoms with van der Waals surface area (Å²) in [6.07, 6.45) is -1.56. The van der Waals surface area contributed by atoms with Gasteiger partial charge in [-0.25, -0.2) is 13.8 Å². The Morgan fingerprint density at radius 2 is 2.13 bits per heavy atom. The highest BCUT2D eigenvalue weighted by Crippen LogP contribution is 2.27. The molecule has 5 nitrogen and oxygen atoms in total. The Bertz CT molecular complexity index is 706. The molecule has 1 atom stereocenters. The van der Waals surface area contributed by atoms with E-state index in [1.54, 1.807) is 6.92 Å². The van der Waals surface area contributed by atoms with Gasteiger partial charge in [0.25, 0.3) is 12.3 Å². The number of amides is 1. The molecule has 0 fully saturated rings. The molecule has 1 aromatic carbocycles. The molecule has 8 heteroatoms. The Hall–Kier alpha value is -1.55. The molecule has 0 radical (unpaired) electrons. The second kappa shape index (κ2) is 7.35. The molecule has 0 saturated heterocycles. The number of hydroxylamine groups is 2. The lowest BCUT2D eigenvalue weighted by atomic mass is 10.1. The molecule has 2 aromatic rings.